The van der Waals surface area contributed by atoms with Gasteiger partial charge in [0, 0.05) is 11.4 Å². The van der Waals surface area contributed by atoms with E-state index in [9.17, 15) is 4.57 Å². The minimum absolute atomic E-state index is 0.334. The van der Waals surface area contributed by atoms with E-state index in [1.165, 1.54) is 11.4 Å². The van der Waals surface area contributed by atoms with Gasteiger partial charge in [0.1, 0.15) is 0 Å². The van der Waals surface area contributed by atoms with E-state index in [0.29, 0.717) is 25.0 Å². The van der Waals surface area contributed by atoms with Crippen LogP contribution in [0.1, 0.15) is 48.5 Å². The summed E-state index contributed by atoms with van der Waals surface area (Å²) in [5.41, 5.74) is 1.16. The highest BCUT2D eigenvalue weighted by atomic mass is 32.7. The highest BCUT2D eigenvalue weighted by Gasteiger charge is 2.29. The van der Waals surface area contributed by atoms with Crippen LogP contribution in [0.4, 0.5) is 0 Å². The van der Waals surface area contributed by atoms with Crippen molar-refractivity contribution >= 4 is 29.9 Å². The van der Waals surface area contributed by atoms with Crippen molar-refractivity contribution in [2.75, 3.05) is 19.0 Å². The Bertz CT molecular complexity index is 334. The first-order valence-electron chi connectivity index (χ1n) is 7.09. The fourth-order valence-corrected chi connectivity index (χ4v) is 6.84. The van der Waals surface area contributed by atoms with Gasteiger partial charge in [0.15, 0.2) is 0 Å². The fourth-order valence-electron chi connectivity index (χ4n) is 1.07. The first-order valence-corrected chi connectivity index (χ1v) is 11.0. The lowest BCUT2D eigenvalue weighted by molar-refractivity contribution is 0.187. The van der Waals surface area contributed by atoms with Crippen molar-refractivity contribution in [2.24, 2.45) is 11.8 Å². The van der Waals surface area contributed by atoms with Gasteiger partial charge in [-0.3, -0.25) is 0 Å². The molecule has 0 aliphatic carbocycles. The lowest BCUT2D eigenvalue weighted by Gasteiger charge is -2.21. The average molecular weight is 340 g/mol. The summed E-state index contributed by atoms with van der Waals surface area (Å²) < 4.78 is 25.2. The van der Waals surface area contributed by atoms with Gasteiger partial charge in [-0.25, -0.2) is 4.57 Å². The Balaban J connectivity index is 4.90. The molecule has 0 aromatic heterocycles. The lowest BCUT2D eigenvalue weighted by Crippen LogP contribution is -2.05. The smallest absolute Gasteiger partial charge is 0.300 e. The van der Waals surface area contributed by atoms with Gasteiger partial charge in [0.2, 0.25) is 0 Å². The van der Waals surface area contributed by atoms with E-state index in [1.54, 1.807) is 11.8 Å². The summed E-state index contributed by atoms with van der Waals surface area (Å²) in [5, 5.41) is 0. The van der Waals surface area contributed by atoms with Crippen LogP contribution in [0.15, 0.2) is 9.81 Å². The Morgan fingerprint density at radius 1 is 1.05 bits per heavy atom. The van der Waals surface area contributed by atoms with Crippen LogP contribution < -0.4 is 0 Å². The Hall–Kier alpha value is 0.590. The predicted octanol–water partition coefficient (Wildman–Crippen LogP) is 6.18. The molecular formula is C14H29O3PS2. The molecule has 6 heteroatoms. The number of hydrogen-bond donors (Lipinski definition) is 0. The van der Waals surface area contributed by atoms with Gasteiger partial charge < -0.3 is 9.05 Å². The molecule has 0 aromatic carbocycles. The van der Waals surface area contributed by atoms with Crippen LogP contribution in [0, 0.1) is 11.8 Å². The predicted molar refractivity (Wildman–Crippen MR) is 93.3 cm³/mol. The largest absolute Gasteiger partial charge is 0.394 e. The zero-order chi connectivity index (χ0) is 15.8. The minimum atomic E-state index is -3.13. The molecular weight excluding hydrogens is 311 g/mol. The zero-order valence-electron chi connectivity index (χ0n) is 13.8. The van der Waals surface area contributed by atoms with Gasteiger partial charge in [-0.2, -0.15) is 0 Å². The Morgan fingerprint density at radius 2 is 1.50 bits per heavy atom. The Morgan fingerprint density at radius 3 is 1.80 bits per heavy atom. The maximum Gasteiger partial charge on any atom is 0.394 e. The third-order valence-electron chi connectivity index (χ3n) is 2.01. The van der Waals surface area contributed by atoms with Crippen molar-refractivity contribution in [1.29, 1.82) is 0 Å². The van der Waals surface area contributed by atoms with Gasteiger partial charge in [0.25, 0.3) is 0 Å². The normalized spacial score (nSPS) is 12.2. The summed E-state index contributed by atoms with van der Waals surface area (Å²) in [6.07, 6.45) is 0. The molecule has 0 spiro atoms. The molecule has 0 aliphatic heterocycles. The van der Waals surface area contributed by atoms with Gasteiger partial charge >= 0.3 is 6.80 Å². The number of rotatable bonds is 10. The second-order valence-electron chi connectivity index (χ2n) is 5.64. The number of hydrogen-bond acceptors (Lipinski definition) is 5. The monoisotopic (exact) mass is 340 g/mol. The second-order valence-corrected chi connectivity index (χ2v) is 11.1. The number of thioether (sulfide) groups is 1. The minimum Gasteiger partial charge on any atom is -0.300 e. The third-order valence-corrected chi connectivity index (χ3v) is 7.52. The first kappa shape index (κ1) is 20.6. The van der Waals surface area contributed by atoms with Crippen LogP contribution in [0.5, 0.6) is 0 Å². The van der Waals surface area contributed by atoms with Gasteiger partial charge in [-0.05, 0) is 31.4 Å². The van der Waals surface area contributed by atoms with Crippen LogP contribution in [0.3, 0.4) is 0 Å². The molecule has 0 saturated heterocycles. The molecule has 0 rings (SSSR count). The molecule has 20 heavy (non-hydrogen) atoms. The van der Waals surface area contributed by atoms with Crippen molar-refractivity contribution in [3.63, 3.8) is 0 Å². The maximum absolute atomic E-state index is 12.9. The first-order chi connectivity index (χ1) is 9.20. The molecule has 0 amide bonds. The molecule has 0 saturated carbocycles. The van der Waals surface area contributed by atoms with E-state index in [1.807, 2.05) is 41.5 Å². The van der Waals surface area contributed by atoms with E-state index in [2.05, 4.69) is 6.92 Å². The summed E-state index contributed by atoms with van der Waals surface area (Å²) in [6.45, 7) is 12.1. The highest BCUT2D eigenvalue weighted by Crippen LogP contribution is 2.66. The molecule has 0 aliphatic rings. The summed E-state index contributed by atoms with van der Waals surface area (Å²) >= 11 is 2.95. The molecule has 0 fully saturated rings. The Kier molecular flexibility index (Phi) is 10.6. The van der Waals surface area contributed by atoms with Gasteiger partial charge in [0.05, 0.1) is 17.5 Å². The molecule has 0 N–H and O–H groups in total. The van der Waals surface area contributed by atoms with E-state index >= 15 is 0 Å². The highest BCUT2D eigenvalue weighted by molar-refractivity contribution is 8.60. The maximum atomic E-state index is 12.9. The van der Waals surface area contributed by atoms with Gasteiger partial charge in [-0.15, -0.1) is 11.8 Å². The van der Waals surface area contributed by atoms with E-state index < -0.39 is 6.80 Å². The molecule has 0 aromatic rings. The topological polar surface area (TPSA) is 35.5 Å². The molecule has 0 radical (unpaired) electrons. The summed E-state index contributed by atoms with van der Waals surface area (Å²) in [7, 11) is 0. The van der Waals surface area contributed by atoms with Crippen molar-refractivity contribution < 1.29 is 13.6 Å². The molecule has 0 unspecified atom stereocenters. The van der Waals surface area contributed by atoms with Crippen LogP contribution in [0.2, 0.25) is 0 Å². The van der Waals surface area contributed by atoms with Crippen molar-refractivity contribution in [3.05, 3.63) is 9.81 Å². The van der Waals surface area contributed by atoms with Crippen LogP contribution in [-0.2, 0) is 13.6 Å². The van der Waals surface area contributed by atoms with Crippen LogP contribution in [0.25, 0.3) is 0 Å². The van der Waals surface area contributed by atoms with Crippen molar-refractivity contribution in [3.8, 4) is 0 Å². The average Bonchev–Trinajstić information content (AvgIpc) is 2.34. The van der Waals surface area contributed by atoms with Crippen LogP contribution in [-0.4, -0.2) is 19.0 Å². The quantitative estimate of drug-likeness (QED) is 0.444. The van der Waals surface area contributed by atoms with Crippen LogP contribution >= 0.6 is 29.9 Å². The summed E-state index contributed by atoms with van der Waals surface area (Å²) in [6, 6.07) is 0. The van der Waals surface area contributed by atoms with Gasteiger partial charge in [-0.1, -0.05) is 40.2 Å². The van der Waals surface area contributed by atoms with Crippen molar-refractivity contribution in [2.45, 2.75) is 48.5 Å². The number of allylic oxidation sites excluding steroid dienone is 1. The standard InChI is InChI=1S/C14H29O3PS2/c1-8-19-14(13(6)7)20-18(15,16-9-11(2)3)17-10-12(4)5/h11-12H,8-10H2,1-7H3. The Labute approximate surface area is 132 Å². The zero-order valence-corrected chi connectivity index (χ0v) is 16.3. The summed E-state index contributed by atoms with van der Waals surface area (Å²) in [4.78, 5) is 0. The summed E-state index contributed by atoms with van der Waals surface area (Å²) in [5.74, 6) is 1.61. The third kappa shape index (κ3) is 9.51. The molecule has 0 heterocycles. The SMILES string of the molecule is CCSC(SP(=O)(OCC(C)C)OCC(C)C)=C(C)C. The fraction of sp³-hybridized carbons (Fsp3) is 0.857. The van der Waals surface area contributed by atoms with E-state index in [0.717, 1.165) is 15.6 Å². The molecule has 3 nitrogen and oxygen atoms in total. The lowest BCUT2D eigenvalue weighted by atomic mass is 10.2. The molecule has 0 bridgehead atoms. The van der Waals surface area contributed by atoms with Crippen molar-refractivity contribution in [1.82, 2.24) is 0 Å². The van der Waals surface area contributed by atoms with E-state index in [4.69, 9.17) is 9.05 Å². The molecule has 0 atom stereocenters. The second kappa shape index (κ2) is 10.3. The van der Waals surface area contributed by atoms with E-state index in [-0.39, 0.29) is 0 Å². The molecule has 120 valence electrons.